The Labute approximate surface area is 125 Å². The summed E-state index contributed by atoms with van der Waals surface area (Å²) < 4.78 is 5.71. The van der Waals surface area contributed by atoms with Crippen molar-refractivity contribution >= 4 is 11.8 Å². The first-order valence-electron chi connectivity index (χ1n) is 6.85. The van der Waals surface area contributed by atoms with E-state index in [-0.39, 0.29) is 12.1 Å². The van der Waals surface area contributed by atoms with Gasteiger partial charge in [0.05, 0.1) is 6.10 Å². The van der Waals surface area contributed by atoms with Gasteiger partial charge in [-0.3, -0.25) is 0 Å². The molecule has 1 atom stereocenters. The molecule has 0 saturated carbocycles. The minimum atomic E-state index is 0.0101. The molecule has 2 N–H and O–H groups in total. The maximum atomic E-state index is 6.27. The van der Waals surface area contributed by atoms with Crippen LogP contribution in [0.1, 0.15) is 25.5 Å². The summed E-state index contributed by atoms with van der Waals surface area (Å²) in [4.78, 5) is 1.25. The summed E-state index contributed by atoms with van der Waals surface area (Å²) >= 11 is 1.78. The van der Waals surface area contributed by atoms with Crippen molar-refractivity contribution in [3.8, 4) is 5.75 Å². The van der Waals surface area contributed by atoms with Crippen LogP contribution in [0.25, 0.3) is 0 Å². The van der Waals surface area contributed by atoms with Crippen LogP contribution in [0, 0.1) is 0 Å². The molecule has 0 spiro atoms. The molecule has 0 aliphatic heterocycles. The first kappa shape index (κ1) is 14.9. The second kappa shape index (κ2) is 7.36. The summed E-state index contributed by atoms with van der Waals surface area (Å²) in [5.41, 5.74) is 7.38. The molecule has 0 saturated heterocycles. The number of hydrogen-bond donors (Lipinski definition) is 1. The predicted octanol–water partition coefficient (Wildman–Crippen LogP) is 4.27. The van der Waals surface area contributed by atoms with Crippen LogP contribution in [0.15, 0.2) is 59.5 Å². The largest absolute Gasteiger partial charge is 0.491 e. The van der Waals surface area contributed by atoms with Gasteiger partial charge in [-0.1, -0.05) is 30.3 Å². The highest BCUT2D eigenvalue weighted by Crippen LogP contribution is 2.25. The van der Waals surface area contributed by atoms with Gasteiger partial charge in [0, 0.05) is 16.7 Å². The van der Waals surface area contributed by atoms with Crippen LogP contribution in [-0.2, 0) is 0 Å². The first-order valence-corrected chi connectivity index (χ1v) is 7.84. The number of rotatable bonds is 6. The highest BCUT2D eigenvalue weighted by molar-refractivity contribution is 7.99. The van der Waals surface area contributed by atoms with E-state index in [0.29, 0.717) is 0 Å². The van der Waals surface area contributed by atoms with Crippen molar-refractivity contribution in [3.63, 3.8) is 0 Å². The summed E-state index contributed by atoms with van der Waals surface area (Å²) in [5.74, 6) is 1.74. The average Bonchev–Trinajstić information content (AvgIpc) is 2.45. The molecule has 2 rings (SSSR count). The molecular formula is C17H21NOS. The smallest absolute Gasteiger partial charge is 0.120 e. The van der Waals surface area contributed by atoms with Gasteiger partial charge in [-0.05, 0) is 43.7 Å². The van der Waals surface area contributed by atoms with Gasteiger partial charge in [-0.25, -0.2) is 0 Å². The van der Waals surface area contributed by atoms with E-state index < -0.39 is 0 Å². The Morgan fingerprint density at radius 2 is 1.80 bits per heavy atom. The lowest BCUT2D eigenvalue weighted by Gasteiger charge is -2.15. The number of nitrogens with two attached hydrogens (primary N) is 1. The molecular weight excluding hydrogens is 266 g/mol. The molecule has 1 unspecified atom stereocenters. The molecule has 0 radical (unpaired) electrons. The van der Waals surface area contributed by atoms with Gasteiger partial charge in [-0.15, -0.1) is 11.8 Å². The van der Waals surface area contributed by atoms with E-state index in [0.717, 1.165) is 17.1 Å². The van der Waals surface area contributed by atoms with E-state index in [2.05, 4.69) is 18.2 Å². The fourth-order valence-corrected chi connectivity index (χ4v) is 2.80. The fraction of sp³-hybridized carbons (Fsp3) is 0.294. The van der Waals surface area contributed by atoms with Gasteiger partial charge in [0.25, 0.3) is 0 Å². The number of hydrogen-bond acceptors (Lipinski definition) is 3. The predicted molar refractivity (Wildman–Crippen MR) is 86.3 cm³/mol. The standard InChI is InChI=1S/C17H21NOS/c1-13(2)19-15-8-6-7-14(11-15)17(18)12-20-16-9-4-3-5-10-16/h3-11,13,17H,12,18H2,1-2H3. The van der Waals surface area contributed by atoms with Crippen LogP contribution in [0.2, 0.25) is 0 Å². The van der Waals surface area contributed by atoms with E-state index in [9.17, 15) is 0 Å². The van der Waals surface area contributed by atoms with E-state index in [1.165, 1.54) is 4.90 Å². The lowest BCUT2D eigenvalue weighted by atomic mass is 10.1. The average molecular weight is 287 g/mol. The number of benzene rings is 2. The van der Waals surface area contributed by atoms with Crippen LogP contribution in [0.5, 0.6) is 5.75 Å². The Hall–Kier alpha value is -1.45. The molecule has 0 fully saturated rings. The third-order valence-corrected chi connectivity index (χ3v) is 3.96. The van der Waals surface area contributed by atoms with E-state index in [4.69, 9.17) is 10.5 Å². The molecule has 0 bridgehead atoms. The zero-order chi connectivity index (χ0) is 14.4. The van der Waals surface area contributed by atoms with Crippen molar-refractivity contribution in [1.82, 2.24) is 0 Å². The third kappa shape index (κ3) is 4.58. The van der Waals surface area contributed by atoms with Crippen molar-refractivity contribution in [2.75, 3.05) is 5.75 Å². The Kier molecular flexibility index (Phi) is 5.50. The molecule has 20 heavy (non-hydrogen) atoms. The molecule has 0 aromatic heterocycles. The van der Waals surface area contributed by atoms with Crippen LogP contribution in [0.3, 0.4) is 0 Å². The molecule has 2 aromatic carbocycles. The SMILES string of the molecule is CC(C)Oc1cccc(C(N)CSc2ccccc2)c1. The minimum absolute atomic E-state index is 0.0101. The highest BCUT2D eigenvalue weighted by atomic mass is 32.2. The maximum absolute atomic E-state index is 6.27. The van der Waals surface area contributed by atoms with Crippen molar-refractivity contribution < 1.29 is 4.74 Å². The molecule has 0 amide bonds. The van der Waals surface area contributed by atoms with Gasteiger partial charge in [0.1, 0.15) is 5.75 Å². The summed E-state index contributed by atoms with van der Waals surface area (Å²) in [5, 5.41) is 0. The summed E-state index contributed by atoms with van der Waals surface area (Å²) in [6.45, 7) is 4.05. The van der Waals surface area contributed by atoms with Crippen LogP contribution in [0.4, 0.5) is 0 Å². The monoisotopic (exact) mass is 287 g/mol. The lowest BCUT2D eigenvalue weighted by molar-refractivity contribution is 0.242. The van der Waals surface area contributed by atoms with Crippen LogP contribution < -0.4 is 10.5 Å². The van der Waals surface area contributed by atoms with Crippen molar-refractivity contribution in [2.45, 2.75) is 30.9 Å². The Morgan fingerprint density at radius 1 is 1.05 bits per heavy atom. The van der Waals surface area contributed by atoms with Gasteiger partial charge >= 0.3 is 0 Å². The highest BCUT2D eigenvalue weighted by Gasteiger charge is 2.08. The molecule has 0 heterocycles. The van der Waals surface area contributed by atoms with E-state index >= 15 is 0 Å². The van der Waals surface area contributed by atoms with E-state index in [1.54, 1.807) is 11.8 Å². The summed E-state index contributed by atoms with van der Waals surface area (Å²) in [6.07, 6.45) is 0.181. The number of ether oxygens (including phenoxy) is 1. The maximum Gasteiger partial charge on any atom is 0.120 e. The second-order valence-electron chi connectivity index (χ2n) is 4.97. The van der Waals surface area contributed by atoms with Gasteiger partial charge in [0.15, 0.2) is 0 Å². The lowest BCUT2D eigenvalue weighted by Crippen LogP contribution is -2.13. The van der Waals surface area contributed by atoms with Gasteiger partial charge in [-0.2, -0.15) is 0 Å². The second-order valence-corrected chi connectivity index (χ2v) is 6.06. The zero-order valence-corrected chi connectivity index (χ0v) is 12.8. The quantitative estimate of drug-likeness (QED) is 0.806. The third-order valence-electron chi connectivity index (χ3n) is 2.83. The zero-order valence-electron chi connectivity index (χ0n) is 12.0. The Morgan fingerprint density at radius 3 is 2.50 bits per heavy atom. The summed E-state index contributed by atoms with van der Waals surface area (Å²) in [7, 11) is 0. The molecule has 0 aliphatic carbocycles. The van der Waals surface area contributed by atoms with Crippen molar-refractivity contribution in [1.29, 1.82) is 0 Å². The van der Waals surface area contributed by atoms with Gasteiger partial charge in [0.2, 0.25) is 0 Å². The Balaban J connectivity index is 1.96. The molecule has 2 nitrogen and oxygen atoms in total. The van der Waals surface area contributed by atoms with Crippen LogP contribution >= 0.6 is 11.8 Å². The molecule has 0 aliphatic rings. The molecule has 3 heteroatoms. The normalized spacial score (nSPS) is 12.4. The summed E-state index contributed by atoms with van der Waals surface area (Å²) in [6, 6.07) is 18.4. The fourth-order valence-electron chi connectivity index (χ4n) is 1.89. The molecule has 106 valence electrons. The van der Waals surface area contributed by atoms with Crippen molar-refractivity contribution in [3.05, 3.63) is 60.2 Å². The van der Waals surface area contributed by atoms with Crippen molar-refractivity contribution in [2.24, 2.45) is 5.73 Å². The van der Waals surface area contributed by atoms with Gasteiger partial charge < -0.3 is 10.5 Å². The Bertz CT molecular complexity index is 528. The minimum Gasteiger partial charge on any atom is -0.491 e. The van der Waals surface area contributed by atoms with Crippen LogP contribution in [-0.4, -0.2) is 11.9 Å². The molecule has 2 aromatic rings. The number of thioether (sulfide) groups is 1. The van der Waals surface area contributed by atoms with E-state index in [1.807, 2.05) is 50.2 Å². The topological polar surface area (TPSA) is 35.2 Å². The first-order chi connectivity index (χ1) is 9.65.